The van der Waals surface area contributed by atoms with Crippen molar-refractivity contribution in [3.05, 3.63) is 59.2 Å². The Hall–Kier alpha value is -2.82. The quantitative estimate of drug-likeness (QED) is 0.825. The molecule has 0 spiro atoms. The SMILES string of the molecule is CCC(=O)N1N=C2c3cc(OC)ccc3CC[C@H]2[C@H]1c1ccc(OC)cc1. The zero-order valence-corrected chi connectivity index (χ0v) is 15.9. The van der Waals surface area contributed by atoms with Gasteiger partial charge in [0.15, 0.2) is 0 Å². The van der Waals surface area contributed by atoms with Gasteiger partial charge < -0.3 is 9.47 Å². The third-order valence-electron chi connectivity index (χ3n) is 5.54. The van der Waals surface area contributed by atoms with Crippen LogP contribution in [0.3, 0.4) is 0 Å². The number of rotatable bonds is 4. The fourth-order valence-corrected chi connectivity index (χ4v) is 4.12. The first-order valence-electron chi connectivity index (χ1n) is 9.38. The normalized spacial score (nSPS) is 20.6. The summed E-state index contributed by atoms with van der Waals surface area (Å²) in [6.45, 7) is 1.88. The van der Waals surface area contributed by atoms with E-state index in [1.165, 1.54) is 5.56 Å². The third kappa shape index (κ3) is 2.97. The molecule has 2 aliphatic rings. The number of hydrogen-bond donors (Lipinski definition) is 0. The summed E-state index contributed by atoms with van der Waals surface area (Å²) in [5.41, 5.74) is 4.46. The lowest BCUT2D eigenvalue weighted by molar-refractivity contribution is -0.133. The molecule has 27 heavy (non-hydrogen) atoms. The van der Waals surface area contributed by atoms with E-state index in [0.717, 1.165) is 41.2 Å². The lowest BCUT2D eigenvalue weighted by Crippen LogP contribution is -2.31. The Labute approximate surface area is 159 Å². The number of ether oxygens (including phenoxy) is 2. The van der Waals surface area contributed by atoms with Crippen LogP contribution in [0.1, 0.15) is 42.5 Å². The van der Waals surface area contributed by atoms with Crippen molar-refractivity contribution in [3.63, 3.8) is 0 Å². The predicted octanol–water partition coefficient (Wildman–Crippen LogP) is 3.96. The summed E-state index contributed by atoms with van der Waals surface area (Å²) >= 11 is 0. The van der Waals surface area contributed by atoms with Crippen molar-refractivity contribution < 1.29 is 14.3 Å². The number of methoxy groups -OCH3 is 2. The Morgan fingerprint density at radius 2 is 1.81 bits per heavy atom. The van der Waals surface area contributed by atoms with Gasteiger partial charge in [0.05, 0.1) is 26.0 Å². The molecule has 2 aromatic rings. The molecule has 0 aromatic heterocycles. The fourth-order valence-electron chi connectivity index (χ4n) is 4.12. The second-order valence-corrected chi connectivity index (χ2v) is 6.96. The van der Waals surface area contributed by atoms with Gasteiger partial charge in [-0.05, 0) is 48.2 Å². The first-order valence-corrected chi connectivity index (χ1v) is 9.38. The number of hydrogen-bond acceptors (Lipinski definition) is 4. The van der Waals surface area contributed by atoms with Crippen molar-refractivity contribution in [2.75, 3.05) is 14.2 Å². The van der Waals surface area contributed by atoms with Gasteiger partial charge in [-0.1, -0.05) is 25.1 Å². The standard InChI is InChI=1S/C22H24N2O3/c1-4-20(25)24-22(15-6-9-16(26-2)10-7-15)18-12-8-14-5-11-17(27-3)13-19(14)21(18)23-24/h5-7,9-11,13,18,22H,4,8,12H2,1-3H3/t18-,22-/m1/s1. The highest BCUT2D eigenvalue weighted by Gasteiger charge is 2.43. The average Bonchev–Trinajstić information content (AvgIpc) is 3.12. The molecule has 4 rings (SSSR count). The highest BCUT2D eigenvalue weighted by molar-refractivity contribution is 6.07. The molecular weight excluding hydrogens is 340 g/mol. The molecule has 5 heteroatoms. The third-order valence-corrected chi connectivity index (χ3v) is 5.54. The molecule has 1 amide bonds. The Morgan fingerprint density at radius 1 is 1.11 bits per heavy atom. The molecule has 0 saturated carbocycles. The number of aryl methyl sites for hydroxylation is 1. The molecule has 1 heterocycles. The predicted molar refractivity (Wildman–Crippen MR) is 104 cm³/mol. The summed E-state index contributed by atoms with van der Waals surface area (Å²) in [6, 6.07) is 14.1. The van der Waals surface area contributed by atoms with Gasteiger partial charge >= 0.3 is 0 Å². The molecule has 140 valence electrons. The van der Waals surface area contributed by atoms with Crippen LogP contribution in [-0.2, 0) is 11.2 Å². The van der Waals surface area contributed by atoms with E-state index in [-0.39, 0.29) is 17.9 Å². The minimum absolute atomic E-state index is 0.0437. The first-order chi connectivity index (χ1) is 13.2. The summed E-state index contributed by atoms with van der Waals surface area (Å²) < 4.78 is 10.7. The monoisotopic (exact) mass is 364 g/mol. The molecule has 2 aromatic carbocycles. The summed E-state index contributed by atoms with van der Waals surface area (Å²) in [4.78, 5) is 12.7. The van der Waals surface area contributed by atoms with Gasteiger partial charge in [-0.15, -0.1) is 0 Å². The van der Waals surface area contributed by atoms with Crippen LogP contribution in [0, 0.1) is 5.92 Å². The van der Waals surface area contributed by atoms with E-state index < -0.39 is 0 Å². The summed E-state index contributed by atoms with van der Waals surface area (Å²) in [5.74, 6) is 1.86. The van der Waals surface area contributed by atoms with Gasteiger partial charge in [-0.3, -0.25) is 4.79 Å². The number of nitrogens with zero attached hydrogens (tertiary/aromatic N) is 2. The van der Waals surface area contributed by atoms with Crippen LogP contribution < -0.4 is 9.47 Å². The van der Waals surface area contributed by atoms with Gasteiger partial charge in [0.2, 0.25) is 5.91 Å². The van der Waals surface area contributed by atoms with Crippen molar-refractivity contribution in [1.82, 2.24) is 5.01 Å². The van der Waals surface area contributed by atoms with E-state index in [4.69, 9.17) is 14.6 Å². The smallest absolute Gasteiger partial charge is 0.242 e. The summed E-state index contributed by atoms with van der Waals surface area (Å²) in [6.07, 6.45) is 2.38. The second-order valence-electron chi connectivity index (χ2n) is 6.96. The van der Waals surface area contributed by atoms with Gasteiger partial charge in [0, 0.05) is 17.9 Å². The maximum absolute atomic E-state index is 12.7. The Balaban J connectivity index is 1.78. The van der Waals surface area contributed by atoms with Crippen LogP contribution in [0.25, 0.3) is 0 Å². The number of amides is 1. The van der Waals surface area contributed by atoms with Crippen LogP contribution in [0.5, 0.6) is 11.5 Å². The van der Waals surface area contributed by atoms with E-state index in [2.05, 4.69) is 6.07 Å². The van der Waals surface area contributed by atoms with Crippen molar-refractivity contribution in [1.29, 1.82) is 0 Å². The number of carbonyl (C=O) groups is 1. The molecule has 0 unspecified atom stereocenters. The van der Waals surface area contributed by atoms with Crippen LogP contribution in [-0.4, -0.2) is 30.8 Å². The van der Waals surface area contributed by atoms with E-state index in [1.54, 1.807) is 19.2 Å². The molecular formula is C22H24N2O3. The average molecular weight is 364 g/mol. The van der Waals surface area contributed by atoms with Crippen LogP contribution in [0.15, 0.2) is 47.6 Å². The van der Waals surface area contributed by atoms with Crippen LogP contribution >= 0.6 is 0 Å². The Morgan fingerprint density at radius 3 is 2.48 bits per heavy atom. The molecule has 0 radical (unpaired) electrons. The van der Waals surface area contributed by atoms with Crippen molar-refractivity contribution in [2.45, 2.75) is 32.2 Å². The number of benzene rings is 2. The maximum Gasteiger partial charge on any atom is 0.242 e. The lowest BCUT2D eigenvalue weighted by atomic mass is 9.77. The zero-order chi connectivity index (χ0) is 19.0. The molecule has 5 nitrogen and oxygen atoms in total. The van der Waals surface area contributed by atoms with Crippen molar-refractivity contribution in [3.8, 4) is 11.5 Å². The minimum Gasteiger partial charge on any atom is -0.497 e. The van der Waals surface area contributed by atoms with Crippen LogP contribution in [0.4, 0.5) is 0 Å². The lowest BCUT2D eigenvalue weighted by Gasteiger charge is -2.29. The zero-order valence-electron chi connectivity index (χ0n) is 15.9. The molecule has 2 atom stereocenters. The number of hydrazone groups is 1. The van der Waals surface area contributed by atoms with Crippen LogP contribution in [0.2, 0.25) is 0 Å². The first kappa shape index (κ1) is 17.6. The number of carbonyl (C=O) groups excluding carboxylic acids is 1. The fraction of sp³-hybridized carbons (Fsp3) is 0.364. The van der Waals surface area contributed by atoms with Gasteiger partial charge in [-0.25, -0.2) is 5.01 Å². The molecule has 1 aliphatic carbocycles. The van der Waals surface area contributed by atoms with Crippen molar-refractivity contribution >= 4 is 11.6 Å². The van der Waals surface area contributed by atoms with Gasteiger partial charge in [0.25, 0.3) is 0 Å². The van der Waals surface area contributed by atoms with E-state index in [1.807, 2.05) is 43.3 Å². The molecule has 1 aliphatic heterocycles. The largest absolute Gasteiger partial charge is 0.497 e. The van der Waals surface area contributed by atoms with E-state index in [0.29, 0.717) is 6.42 Å². The van der Waals surface area contributed by atoms with E-state index in [9.17, 15) is 4.79 Å². The minimum atomic E-state index is -0.0716. The molecule has 0 fully saturated rings. The van der Waals surface area contributed by atoms with Gasteiger partial charge in [0.1, 0.15) is 11.5 Å². The second kappa shape index (κ2) is 7.06. The topological polar surface area (TPSA) is 51.1 Å². The molecule has 0 N–H and O–H groups in total. The van der Waals surface area contributed by atoms with E-state index >= 15 is 0 Å². The maximum atomic E-state index is 12.7. The number of fused-ring (bicyclic) bond motifs is 3. The van der Waals surface area contributed by atoms with Crippen molar-refractivity contribution in [2.24, 2.45) is 11.0 Å². The highest BCUT2D eigenvalue weighted by atomic mass is 16.5. The molecule has 0 saturated heterocycles. The Kier molecular flexibility index (Phi) is 4.60. The molecule has 0 bridgehead atoms. The summed E-state index contributed by atoms with van der Waals surface area (Å²) in [7, 11) is 3.33. The summed E-state index contributed by atoms with van der Waals surface area (Å²) in [5, 5.41) is 6.50. The van der Waals surface area contributed by atoms with Gasteiger partial charge in [-0.2, -0.15) is 5.10 Å². The highest BCUT2D eigenvalue weighted by Crippen LogP contribution is 2.44. The Bertz CT molecular complexity index is 889.